The van der Waals surface area contributed by atoms with Crippen LogP contribution < -0.4 is 11.1 Å². The first kappa shape index (κ1) is 14.8. The van der Waals surface area contributed by atoms with Crippen molar-refractivity contribution in [3.05, 3.63) is 29.8 Å². The number of hydrogen-bond donors (Lipinski definition) is 3. The molecular weight excluding hydrogens is 254 g/mol. The topological polar surface area (TPSA) is 78.6 Å². The summed E-state index contributed by atoms with van der Waals surface area (Å²) in [7, 11) is 0. The molecule has 3 unspecified atom stereocenters. The van der Waals surface area contributed by atoms with Gasteiger partial charge in [0.05, 0.1) is 12.6 Å². The van der Waals surface area contributed by atoms with E-state index in [0.29, 0.717) is 12.5 Å². The van der Waals surface area contributed by atoms with Gasteiger partial charge in [-0.2, -0.15) is 0 Å². The van der Waals surface area contributed by atoms with Gasteiger partial charge in [0.1, 0.15) is 0 Å². The minimum Gasteiger partial charge on any atom is -0.394 e. The Kier molecular flexibility index (Phi) is 4.62. The highest BCUT2D eigenvalue weighted by molar-refractivity contribution is 5.89. The lowest BCUT2D eigenvalue weighted by Crippen LogP contribution is -2.42. The largest absolute Gasteiger partial charge is 0.394 e. The van der Waals surface area contributed by atoms with E-state index >= 15 is 0 Å². The molecule has 2 rings (SSSR count). The van der Waals surface area contributed by atoms with Gasteiger partial charge in [0.15, 0.2) is 0 Å². The van der Waals surface area contributed by atoms with E-state index in [9.17, 15) is 9.90 Å². The Morgan fingerprint density at radius 2 is 2.35 bits per heavy atom. The molecule has 20 heavy (non-hydrogen) atoms. The van der Waals surface area contributed by atoms with E-state index in [1.807, 2.05) is 31.2 Å². The Hall–Kier alpha value is -1.59. The number of aliphatic hydroxyl groups is 1. The SMILES string of the molecule is CC(N)c1cccc(NC(=O)N2CCC(C)C2CO)c1. The summed E-state index contributed by atoms with van der Waals surface area (Å²) in [6.07, 6.45) is 0.929. The minimum atomic E-state index is -0.157. The van der Waals surface area contributed by atoms with E-state index in [-0.39, 0.29) is 24.7 Å². The third-order valence-electron chi connectivity index (χ3n) is 3.99. The van der Waals surface area contributed by atoms with Crippen LogP contribution in [0.4, 0.5) is 10.5 Å². The van der Waals surface area contributed by atoms with E-state index in [0.717, 1.165) is 17.7 Å². The lowest BCUT2D eigenvalue weighted by Gasteiger charge is -2.25. The van der Waals surface area contributed by atoms with Crippen molar-refractivity contribution in [1.29, 1.82) is 0 Å². The Balaban J connectivity index is 2.06. The fraction of sp³-hybridized carbons (Fsp3) is 0.533. The predicted molar refractivity (Wildman–Crippen MR) is 79.4 cm³/mol. The van der Waals surface area contributed by atoms with E-state index < -0.39 is 0 Å². The van der Waals surface area contributed by atoms with Crippen LogP contribution in [-0.2, 0) is 0 Å². The molecule has 1 aliphatic rings. The van der Waals surface area contributed by atoms with Gasteiger partial charge in [-0.15, -0.1) is 0 Å². The summed E-state index contributed by atoms with van der Waals surface area (Å²) in [5.41, 5.74) is 7.56. The molecule has 5 nitrogen and oxygen atoms in total. The molecule has 4 N–H and O–H groups in total. The van der Waals surface area contributed by atoms with Crippen molar-refractivity contribution in [2.45, 2.75) is 32.4 Å². The standard InChI is InChI=1S/C15H23N3O2/c1-10-6-7-18(14(10)9-19)15(20)17-13-5-3-4-12(8-13)11(2)16/h3-5,8,10-11,14,19H,6-7,9,16H2,1-2H3,(H,17,20). The first-order valence-electron chi connectivity index (χ1n) is 7.07. The molecule has 0 aliphatic carbocycles. The number of rotatable bonds is 3. The van der Waals surface area contributed by atoms with Gasteiger partial charge >= 0.3 is 6.03 Å². The number of nitrogens with two attached hydrogens (primary N) is 1. The molecular formula is C15H23N3O2. The highest BCUT2D eigenvalue weighted by Crippen LogP contribution is 2.24. The maximum absolute atomic E-state index is 12.3. The number of benzene rings is 1. The second-order valence-electron chi connectivity index (χ2n) is 5.55. The molecule has 1 aromatic carbocycles. The first-order chi connectivity index (χ1) is 9.52. The molecule has 2 amide bonds. The summed E-state index contributed by atoms with van der Waals surface area (Å²) in [4.78, 5) is 14.0. The van der Waals surface area contributed by atoms with Crippen molar-refractivity contribution in [3.8, 4) is 0 Å². The third kappa shape index (κ3) is 3.11. The minimum absolute atomic E-state index is 0.00839. The van der Waals surface area contributed by atoms with E-state index in [1.165, 1.54) is 0 Å². The lowest BCUT2D eigenvalue weighted by atomic mass is 10.0. The monoisotopic (exact) mass is 277 g/mol. The van der Waals surface area contributed by atoms with Crippen molar-refractivity contribution in [2.24, 2.45) is 11.7 Å². The van der Waals surface area contributed by atoms with Crippen molar-refractivity contribution in [3.63, 3.8) is 0 Å². The fourth-order valence-corrected chi connectivity index (χ4v) is 2.63. The number of carbonyl (C=O) groups is 1. The summed E-state index contributed by atoms with van der Waals surface area (Å²) < 4.78 is 0. The van der Waals surface area contributed by atoms with Gasteiger partial charge in [0, 0.05) is 18.3 Å². The number of likely N-dealkylation sites (tertiary alicyclic amines) is 1. The number of nitrogens with one attached hydrogen (secondary N) is 1. The maximum atomic E-state index is 12.3. The average molecular weight is 277 g/mol. The predicted octanol–water partition coefficient (Wildman–Crippen LogP) is 1.94. The van der Waals surface area contributed by atoms with Crippen molar-refractivity contribution < 1.29 is 9.90 Å². The van der Waals surface area contributed by atoms with Gasteiger partial charge in [-0.3, -0.25) is 0 Å². The van der Waals surface area contributed by atoms with Crippen LogP contribution >= 0.6 is 0 Å². The van der Waals surface area contributed by atoms with Crippen LogP contribution in [0.15, 0.2) is 24.3 Å². The Morgan fingerprint density at radius 3 is 3.00 bits per heavy atom. The molecule has 0 bridgehead atoms. The van der Waals surface area contributed by atoms with Crippen LogP contribution in [0.5, 0.6) is 0 Å². The quantitative estimate of drug-likeness (QED) is 0.790. The lowest BCUT2D eigenvalue weighted by molar-refractivity contribution is 0.152. The van der Waals surface area contributed by atoms with Gasteiger partial charge in [0.2, 0.25) is 0 Å². The van der Waals surface area contributed by atoms with Crippen molar-refractivity contribution in [2.75, 3.05) is 18.5 Å². The molecule has 1 saturated heterocycles. The number of hydrogen-bond acceptors (Lipinski definition) is 3. The molecule has 5 heteroatoms. The normalized spacial score (nSPS) is 23.7. The van der Waals surface area contributed by atoms with Crippen molar-refractivity contribution in [1.82, 2.24) is 4.90 Å². The number of carbonyl (C=O) groups excluding carboxylic acids is 1. The Labute approximate surface area is 119 Å². The molecule has 0 saturated carbocycles. The molecule has 110 valence electrons. The first-order valence-corrected chi connectivity index (χ1v) is 7.07. The van der Waals surface area contributed by atoms with Gasteiger partial charge in [-0.25, -0.2) is 4.79 Å². The zero-order valence-electron chi connectivity index (χ0n) is 12.0. The molecule has 0 aromatic heterocycles. The van der Waals surface area contributed by atoms with Crippen molar-refractivity contribution >= 4 is 11.7 Å². The molecule has 0 radical (unpaired) electrons. The second-order valence-corrected chi connectivity index (χ2v) is 5.55. The third-order valence-corrected chi connectivity index (χ3v) is 3.99. The molecule has 1 aliphatic heterocycles. The Bertz CT molecular complexity index is 476. The summed E-state index contributed by atoms with van der Waals surface area (Å²) >= 11 is 0. The van der Waals surface area contributed by atoms with E-state index in [2.05, 4.69) is 12.2 Å². The number of nitrogens with zero attached hydrogens (tertiary/aromatic N) is 1. The van der Waals surface area contributed by atoms with Crippen LogP contribution in [0.3, 0.4) is 0 Å². The number of urea groups is 1. The van der Waals surface area contributed by atoms with Crippen LogP contribution in [-0.4, -0.2) is 35.2 Å². The van der Waals surface area contributed by atoms with E-state index in [4.69, 9.17) is 5.73 Å². The van der Waals surface area contributed by atoms with Crippen LogP contribution in [0.25, 0.3) is 0 Å². The van der Waals surface area contributed by atoms with Gasteiger partial charge < -0.3 is 21.1 Å². The molecule has 1 fully saturated rings. The highest BCUT2D eigenvalue weighted by Gasteiger charge is 2.33. The highest BCUT2D eigenvalue weighted by atomic mass is 16.3. The molecule has 1 aromatic rings. The van der Waals surface area contributed by atoms with Crippen LogP contribution in [0.1, 0.15) is 31.9 Å². The maximum Gasteiger partial charge on any atom is 0.322 e. The average Bonchev–Trinajstić information content (AvgIpc) is 2.80. The zero-order chi connectivity index (χ0) is 14.7. The van der Waals surface area contributed by atoms with Gasteiger partial charge in [-0.05, 0) is 37.0 Å². The number of amides is 2. The van der Waals surface area contributed by atoms with E-state index in [1.54, 1.807) is 4.90 Å². The molecule has 3 atom stereocenters. The zero-order valence-corrected chi connectivity index (χ0v) is 12.0. The Morgan fingerprint density at radius 1 is 1.60 bits per heavy atom. The second kappa shape index (κ2) is 6.24. The summed E-state index contributed by atoms with van der Waals surface area (Å²) in [5, 5.41) is 12.3. The van der Waals surface area contributed by atoms with Gasteiger partial charge in [-0.1, -0.05) is 19.1 Å². The summed E-state index contributed by atoms with van der Waals surface area (Å²) in [6, 6.07) is 7.23. The molecule has 0 spiro atoms. The number of aliphatic hydroxyl groups excluding tert-OH is 1. The smallest absolute Gasteiger partial charge is 0.322 e. The van der Waals surface area contributed by atoms with Gasteiger partial charge in [0.25, 0.3) is 0 Å². The fourth-order valence-electron chi connectivity index (χ4n) is 2.63. The van der Waals surface area contributed by atoms with Crippen LogP contribution in [0.2, 0.25) is 0 Å². The number of anilines is 1. The molecule has 1 heterocycles. The summed E-state index contributed by atoms with van der Waals surface area (Å²) in [5.74, 6) is 0.334. The van der Waals surface area contributed by atoms with Crippen LogP contribution in [0, 0.1) is 5.92 Å². The summed E-state index contributed by atoms with van der Waals surface area (Å²) in [6.45, 7) is 4.66.